The van der Waals surface area contributed by atoms with Gasteiger partial charge < -0.3 is 4.74 Å². The van der Waals surface area contributed by atoms with Crippen molar-refractivity contribution in [2.45, 2.75) is 6.54 Å². The fourth-order valence-electron chi connectivity index (χ4n) is 2.13. The Morgan fingerprint density at radius 3 is 2.86 bits per heavy atom. The summed E-state index contributed by atoms with van der Waals surface area (Å²) < 4.78 is 7.12. The van der Waals surface area contributed by atoms with Crippen LogP contribution in [0.2, 0.25) is 4.34 Å². The van der Waals surface area contributed by atoms with Gasteiger partial charge in [0.15, 0.2) is 0 Å². The molecule has 0 amide bonds. The standard InChI is InChI=1S/C16H13ClN2O2S/c1-21-16(20)14-7-13(15(17)22-14)12-8-18-19(10-12)9-11-5-3-2-4-6-11/h2-8,10H,9H2,1H3. The minimum atomic E-state index is -0.380. The van der Waals surface area contributed by atoms with E-state index < -0.39 is 0 Å². The van der Waals surface area contributed by atoms with Crippen LogP contribution in [0.15, 0.2) is 48.8 Å². The van der Waals surface area contributed by atoms with Crippen LogP contribution in [0.5, 0.6) is 0 Å². The van der Waals surface area contributed by atoms with Crippen LogP contribution >= 0.6 is 22.9 Å². The summed E-state index contributed by atoms with van der Waals surface area (Å²) in [6, 6.07) is 11.8. The Morgan fingerprint density at radius 1 is 1.36 bits per heavy atom. The van der Waals surface area contributed by atoms with Crippen LogP contribution < -0.4 is 0 Å². The Bertz CT molecular complexity index is 796. The SMILES string of the molecule is COC(=O)c1cc(-c2cnn(Cc3ccccc3)c2)c(Cl)s1. The second-order valence-corrected chi connectivity index (χ2v) is 6.36. The van der Waals surface area contributed by atoms with E-state index >= 15 is 0 Å². The maximum absolute atomic E-state index is 11.6. The maximum Gasteiger partial charge on any atom is 0.348 e. The van der Waals surface area contributed by atoms with Crippen molar-refractivity contribution in [2.24, 2.45) is 0 Å². The lowest BCUT2D eigenvalue weighted by molar-refractivity contribution is 0.0606. The van der Waals surface area contributed by atoms with Crippen molar-refractivity contribution in [2.75, 3.05) is 7.11 Å². The summed E-state index contributed by atoms with van der Waals surface area (Å²) in [6.45, 7) is 0.687. The highest BCUT2D eigenvalue weighted by molar-refractivity contribution is 7.18. The van der Waals surface area contributed by atoms with E-state index in [4.69, 9.17) is 16.3 Å². The summed E-state index contributed by atoms with van der Waals surface area (Å²) >= 11 is 7.43. The average Bonchev–Trinajstić information content (AvgIpc) is 3.14. The summed E-state index contributed by atoms with van der Waals surface area (Å²) in [5.41, 5.74) is 2.85. The molecule has 22 heavy (non-hydrogen) atoms. The molecule has 0 saturated carbocycles. The molecule has 4 nitrogen and oxygen atoms in total. The van der Waals surface area contributed by atoms with Gasteiger partial charge in [0.2, 0.25) is 0 Å². The molecule has 3 rings (SSSR count). The number of nitrogens with zero attached hydrogens (tertiary/aromatic N) is 2. The van der Waals surface area contributed by atoms with E-state index in [1.54, 1.807) is 12.3 Å². The molecular formula is C16H13ClN2O2S. The lowest BCUT2D eigenvalue weighted by Crippen LogP contribution is -1.99. The summed E-state index contributed by atoms with van der Waals surface area (Å²) in [6.07, 6.45) is 3.67. The topological polar surface area (TPSA) is 44.1 Å². The maximum atomic E-state index is 11.6. The molecule has 2 aromatic heterocycles. The fourth-order valence-corrected chi connectivity index (χ4v) is 3.36. The number of hydrogen-bond acceptors (Lipinski definition) is 4. The molecule has 2 heterocycles. The molecule has 3 aromatic rings. The number of carbonyl (C=O) groups is 1. The van der Waals surface area contributed by atoms with E-state index in [-0.39, 0.29) is 5.97 Å². The number of carbonyl (C=O) groups excluding carboxylic acids is 1. The zero-order chi connectivity index (χ0) is 15.5. The van der Waals surface area contributed by atoms with Gasteiger partial charge in [0.25, 0.3) is 0 Å². The second-order valence-electron chi connectivity index (χ2n) is 4.70. The average molecular weight is 333 g/mol. The van der Waals surface area contributed by atoms with E-state index in [0.29, 0.717) is 15.8 Å². The molecule has 0 bridgehead atoms. The zero-order valence-corrected chi connectivity index (χ0v) is 13.4. The van der Waals surface area contributed by atoms with Crippen LogP contribution in [0.1, 0.15) is 15.2 Å². The minimum Gasteiger partial charge on any atom is -0.465 e. The van der Waals surface area contributed by atoms with Gasteiger partial charge in [0, 0.05) is 17.3 Å². The normalized spacial score (nSPS) is 10.6. The molecule has 0 atom stereocenters. The van der Waals surface area contributed by atoms with Crippen LogP contribution in [-0.2, 0) is 11.3 Å². The highest BCUT2D eigenvalue weighted by Gasteiger charge is 2.16. The van der Waals surface area contributed by atoms with Crippen molar-refractivity contribution >= 4 is 28.9 Å². The quantitative estimate of drug-likeness (QED) is 0.676. The number of aromatic nitrogens is 2. The number of hydrogen-bond donors (Lipinski definition) is 0. The molecule has 0 saturated heterocycles. The Balaban J connectivity index is 1.85. The van der Waals surface area contributed by atoms with Crippen LogP contribution in [0.3, 0.4) is 0 Å². The monoisotopic (exact) mass is 332 g/mol. The van der Waals surface area contributed by atoms with Crippen molar-refractivity contribution in [3.63, 3.8) is 0 Å². The third kappa shape index (κ3) is 3.05. The molecule has 0 aliphatic rings. The van der Waals surface area contributed by atoms with Crippen LogP contribution in [-0.4, -0.2) is 22.9 Å². The predicted molar refractivity (Wildman–Crippen MR) is 87.4 cm³/mol. The summed E-state index contributed by atoms with van der Waals surface area (Å²) in [4.78, 5) is 12.0. The van der Waals surface area contributed by atoms with Gasteiger partial charge in [-0.2, -0.15) is 5.10 Å². The third-order valence-corrected chi connectivity index (χ3v) is 4.54. The third-order valence-electron chi connectivity index (χ3n) is 3.20. The lowest BCUT2D eigenvalue weighted by atomic mass is 10.2. The first-order chi connectivity index (χ1) is 10.7. The smallest absolute Gasteiger partial charge is 0.348 e. The number of ether oxygens (including phenoxy) is 1. The first-order valence-electron chi connectivity index (χ1n) is 6.62. The van der Waals surface area contributed by atoms with E-state index in [1.807, 2.05) is 41.2 Å². The Kier molecular flexibility index (Phi) is 4.27. The Morgan fingerprint density at radius 2 is 2.14 bits per heavy atom. The van der Waals surface area contributed by atoms with Crippen molar-refractivity contribution in [1.29, 1.82) is 0 Å². The van der Waals surface area contributed by atoms with Gasteiger partial charge in [-0.1, -0.05) is 41.9 Å². The minimum absolute atomic E-state index is 0.380. The summed E-state index contributed by atoms with van der Waals surface area (Å²) in [7, 11) is 1.35. The van der Waals surface area contributed by atoms with Gasteiger partial charge in [-0.25, -0.2) is 4.79 Å². The molecule has 0 radical (unpaired) electrons. The number of halogens is 1. The first-order valence-corrected chi connectivity index (χ1v) is 7.81. The number of thiophene rings is 1. The summed E-state index contributed by atoms with van der Waals surface area (Å²) in [5.74, 6) is -0.380. The number of rotatable bonds is 4. The van der Waals surface area contributed by atoms with Crippen molar-refractivity contribution < 1.29 is 9.53 Å². The molecule has 0 aliphatic heterocycles. The largest absolute Gasteiger partial charge is 0.465 e. The predicted octanol–water partition coefficient (Wildman–Crippen LogP) is 4.10. The summed E-state index contributed by atoms with van der Waals surface area (Å²) in [5, 5.41) is 4.35. The highest BCUT2D eigenvalue weighted by atomic mass is 35.5. The van der Waals surface area contributed by atoms with E-state index in [0.717, 1.165) is 11.1 Å². The van der Waals surface area contributed by atoms with Gasteiger partial charge in [-0.15, -0.1) is 11.3 Å². The molecule has 1 aromatic carbocycles. The Hall–Kier alpha value is -2.11. The van der Waals surface area contributed by atoms with Crippen LogP contribution in [0.25, 0.3) is 11.1 Å². The van der Waals surface area contributed by atoms with E-state index in [1.165, 1.54) is 24.0 Å². The van der Waals surface area contributed by atoms with Gasteiger partial charge in [0.1, 0.15) is 9.21 Å². The number of benzene rings is 1. The van der Waals surface area contributed by atoms with E-state index in [2.05, 4.69) is 5.10 Å². The molecular weight excluding hydrogens is 320 g/mol. The number of esters is 1. The molecule has 0 unspecified atom stereocenters. The Labute approximate surface area is 136 Å². The van der Waals surface area contributed by atoms with E-state index in [9.17, 15) is 4.79 Å². The first kappa shape index (κ1) is 14.8. The molecule has 6 heteroatoms. The van der Waals surface area contributed by atoms with Crippen LogP contribution in [0, 0.1) is 0 Å². The van der Waals surface area contributed by atoms with Crippen molar-refractivity contribution in [3.05, 3.63) is 63.6 Å². The lowest BCUT2D eigenvalue weighted by Gasteiger charge is -2.00. The fraction of sp³-hybridized carbons (Fsp3) is 0.125. The second kappa shape index (κ2) is 6.34. The highest BCUT2D eigenvalue weighted by Crippen LogP contribution is 2.35. The zero-order valence-electron chi connectivity index (χ0n) is 11.8. The van der Waals surface area contributed by atoms with Crippen LogP contribution in [0.4, 0.5) is 0 Å². The number of methoxy groups -OCH3 is 1. The molecule has 0 N–H and O–H groups in total. The van der Waals surface area contributed by atoms with Gasteiger partial charge >= 0.3 is 5.97 Å². The molecule has 0 spiro atoms. The van der Waals surface area contributed by atoms with Gasteiger partial charge in [0.05, 0.1) is 19.9 Å². The van der Waals surface area contributed by atoms with Gasteiger partial charge in [-0.3, -0.25) is 4.68 Å². The van der Waals surface area contributed by atoms with Crippen molar-refractivity contribution in [1.82, 2.24) is 9.78 Å². The molecule has 0 aliphatic carbocycles. The molecule has 112 valence electrons. The van der Waals surface area contributed by atoms with Gasteiger partial charge in [-0.05, 0) is 11.6 Å². The van der Waals surface area contributed by atoms with Crippen molar-refractivity contribution in [3.8, 4) is 11.1 Å². The molecule has 0 fully saturated rings.